The number of aromatic nitrogens is 3. The molecule has 0 N–H and O–H groups in total. The third-order valence-corrected chi connectivity index (χ3v) is 6.66. The lowest BCUT2D eigenvalue weighted by atomic mass is 10.0. The van der Waals surface area contributed by atoms with Crippen molar-refractivity contribution < 1.29 is 9.21 Å². The number of amides is 1. The largest absolute Gasteiger partial charge is 0.467 e. The maximum Gasteiger partial charge on any atom is 0.233 e. The molecule has 1 atom stereocenters. The molecule has 1 aliphatic heterocycles. The van der Waals surface area contributed by atoms with E-state index in [1.54, 1.807) is 6.26 Å². The van der Waals surface area contributed by atoms with Crippen LogP contribution < -0.4 is 0 Å². The van der Waals surface area contributed by atoms with Crippen molar-refractivity contribution in [2.24, 2.45) is 0 Å². The molecular formula is C22H25ClN4O2S. The molecule has 0 bridgehead atoms. The van der Waals surface area contributed by atoms with Gasteiger partial charge in [0.15, 0.2) is 11.0 Å². The molecule has 158 valence electrons. The zero-order valence-electron chi connectivity index (χ0n) is 17.0. The first-order valence-electron chi connectivity index (χ1n) is 10.3. The van der Waals surface area contributed by atoms with E-state index in [1.165, 1.54) is 18.2 Å². The van der Waals surface area contributed by atoms with Crippen molar-refractivity contribution in [3.63, 3.8) is 0 Å². The van der Waals surface area contributed by atoms with Gasteiger partial charge in [-0.05, 0) is 62.1 Å². The number of rotatable bonds is 7. The number of furan rings is 1. The molecule has 1 aromatic carbocycles. The quantitative estimate of drug-likeness (QED) is 0.473. The van der Waals surface area contributed by atoms with Gasteiger partial charge >= 0.3 is 0 Å². The Hall–Kier alpha value is -2.25. The minimum absolute atomic E-state index is 0.173. The topological polar surface area (TPSA) is 64.2 Å². The molecule has 0 spiro atoms. The Kier molecular flexibility index (Phi) is 6.79. The van der Waals surface area contributed by atoms with Gasteiger partial charge in [0.25, 0.3) is 0 Å². The van der Waals surface area contributed by atoms with Crippen LogP contribution in [0.3, 0.4) is 0 Å². The summed E-state index contributed by atoms with van der Waals surface area (Å²) in [6.07, 6.45) is 6.05. The van der Waals surface area contributed by atoms with Crippen LogP contribution in [0, 0.1) is 0 Å². The van der Waals surface area contributed by atoms with Gasteiger partial charge in [-0.1, -0.05) is 30.3 Å². The normalized spacial score (nSPS) is 16.7. The molecule has 0 aliphatic carbocycles. The second-order valence-corrected chi connectivity index (χ2v) is 8.79. The number of hydrogen-bond donors (Lipinski definition) is 0. The van der Waals surface area contributed by atoms with Crippen molar-refractivity contribution in [1.82, 2.24) is 19.7 Å². The molecule has 1 fully saturated rings. The smallest absolute Gasteiger partial charge is 0.233 e. The van der Waals surface area contributed by atoms with Gasteiger partial charge in [0, 0.05) is 23.2 Å². The number of thioether (sulfide) groups is 1. The fourth-order valence-corrected chi connectivity index (χ4v) is 4.82. The van der Waals surface area contributed by atoms with Gasteiger partial charge in [-0.3, -0.25) is 9.36 Å². The van der Waals surface area contributed by atoms with E-state index in [4.69, 9.17) is 16.0 Å². The Bertz CT molecular complexity index is 972. The lowest BCUT2D eigenvalue weighted by molar-refractivity contribution is -0.132. The molecule has 4 rings (SSSR count). The number of hydrogen-bond acceptors (Lipinski definition) is 5. The van der Waals surface area contributed by atoms with Crippen LogP contribution in [0.15, 0.2) is 52.2 Å². The molecule has 1 amide bonds. The maximum atomic E-state index is 12.9. The van der Waals surface area contributed by atoms with Gasteiger partial charge in [-0.25, -0.2) is 0 Å². The minimum Gasteiger partial charge on any atom is -0.467 e. The molecule has 0 saturated carbocycles. The van der Waals surface area contributed by atoms with Gasteiger partial charge in [0.05, 0.1) is 18.6 Å². The summed E-state index contributed by atoms with van der Waals surface area (Å²) in [4.78, 5) is 14.9. The second-order valence-electron chi connectivity index (χ2n) is 7.41. The van der Waals surface area contributed by atoms with Crippen molar-refractivity contribution in [2.45, 2.75) is 50.4 Å². The average molecular weight is 445 g/mol. The number of carbonyl (C=O) groups excluding carboxylic acids is 1. The highest BCUT2D eigenvalue weighted by molar-refractivity contribution is 7.99. The standard InChI is InChI=1S/C22H25ClN4O2S/c1-2-18-6-3-4-12-26(18)20(28)15-30-22-25-24-21(16-8-10-17(23)11-9-16)27(22)14-19-7-5-13-29-19/h5,7-11,13,18H,2-4,6,12,14-15H2,1H3. The zero-order valence-corrected chi connectivity index (χ0v) is 18.5. The van der Waals surface area contributed by atoms with Crippen LogP contribution >= 0.6 is 23.4 Å². The number of benzene rings is 1. The summed E-state index contributed by atoms with van der Waals surface area (Å²) >= 11 is 7.47. The summed E-state index contributed by atoms with van der Waals surface area (Å²) < 4.78 is 7.53. The lowest BCUT2D eigenvalue weighted by Crippen LogP contribution is -2.44. The van der Waals surface area contributed by atoms with Gasteiger partial charge in [-0.2, -0.15) is 0 Å². The van der Waals surface area contributed by atoms with Crippen LogP contribution in [0.1, 0.15) is 38.4 Å². The summed E-state index contributed by atoms with van der Waals surface area (Å²) in [6, 6.07) is 11.6. The molecule has 30 heavy (non-hydrogen) atoms. The summed E-state index contributed by atoms with van der Waals surface area (Å²) in [5, 5.41) is 10.2. The van der Waals surface area contributed by atoms with E-state index in [0.717, 1.165) is 43.0 Å². The number of likely N-dealkylation sites (tertiary alicyclic amines) is 1. The molecular weight excluding hydrogens is 420 g/mol. The van der Waals surface area contributed by atoms with Crippen LogP contribution in [0.5, 0.6) is 0 Å². The average Bonchev–Trinajstić information content (AvgIpc) is 3.43. The Labute approximate surface area is 185 Å². The second kappa shape index (κ2) is 9.71. The summed E-state index contributed by atoms with van der Waals surface area (Å²) in [7, 11) is 0. The third kappa shape index (κ3) is 4.73. The Morgan fingerprint density at radius 1 is 1.23 bits per heavy atom. The molecule has 1 saturated heterocycles. The van der Waals surface area contributed by atoms with E-state index in [1.807, 2.05) is 45.9 Å². The van der Waals surface area contributed by atoms with Gasteiger partial charge in [-0.15, -0.1) is 10.2 Å². The van der Waals surface area contributed by atoms with E-state index < -0.39 is 0 Å². The van der Waals surface area contributed by atoms with Crippen molar-refractivity contribution in [1.29, 1.82) is 0 Å². The van der Waals surface area contributed by atoms with Gasteiger partial charge in [0.2, 0.25) is 5.91 Å². The Morgan fingerprint density at radius 2 is 2.07 bits per heavy atom. The van der Waals surface area contributed by atoms with Crippen LogP contribution in [-0.2, 0) is 11.3 Å². The first-order valence-corrected chi connectivity index (χ1v) is 11.7. The highest BCUT2D eigenvalue weighted by Gasteiger charge is 2.26. The van der Waals surface area contributed by atoms with Crippen LogP contribution in [0.25, 0.3) is 11.4 Å². The number of halogens is 1. The lowest BCUT2D eigenvalue weighted by Gasteiger charge is -2.35. The summed E-state index contributed by atoms with van der Waals surface area (Å²) in [6.45, 7) is 3.50. The van der Waals surface area contributed by atoms with Crippen LogP contribution in [-0.4, -0.2) is 43.9 Å². The first-order chi connectivity index (χ1) is 14.7. The van der Waals surface area contributed by atoms with E-state index in [2.05, 4.69) is 17.1 Å². The van der Waals surface area contributed by atoms with E-state index in [0.29, 0.717) is 28.5 Å². The van der Waals surface area contributed by atoms with E-state index in [9.17, 15) is 4.79 Å². The van der Waals surface area contributed by atoms with E-state index in [-0.39, 0.29) is 5.91 Å². The number of carbonyl (C=O) groups is 1. The SMILES string of the molecule is CCC1CCCCN1C(=O)CSc1nnc(-c2ccc(Cl)cc2)n1Cc1ccco1. The molecule has 1 aliphatic rings. The highest BCUT2D eigenvalue weighted by atomic mass is 35.5. The molecule has 0 radical (unpaired) electrons. The van der Waals surface area contributed by atoms with Crippen molar-refractivity contribution in [3.8, 4) is 11.4 Å². The van der Waals surface area contributed by atoms with Gasteiger partial charge < -0.3 is 9.32 Å². The summed E-state index contributed by atoms with van der Waals surface area (Å²) in [5.74, 6) is 2.06. The van der Waals surface area contributed by atoms with Gasteiger partial charge in [0.1, 0.15) is 5.76 Å². The molecule has 8 heteroatoms. The fourth-order valence-electron chi connectivity index (χ4n) is 3.87. The zero-order chi connectivity index (χ0) is 20.9. The third-order valence-electron chi connectivity index (χ3n) is 5.46. The van der Waals surface area contributed by atoms with Crippen LogP contribution in [0.4, 0.5) is 0 Å². The minimum atomic E-state index is 0.173. The Balaban J connectivity index is 1.55. The molecule has 1 unspecified atom stereocenters. The highest BCUT2D eigenvalue weighted by Crippen LogP contribution is 2.27. The molecule has 3 heterocycles. The van der Waals surface area contributed by atoms with Crippen molar-refractivity contribution in [2.75, 3.05) is 12.3 Å². The fraction of sp³-hybridized carbons (Fsp3) is 0.409. The number of piperidine rings is 1. The van der Waals surface area contributed by atoms with Crippen molar-refractivity contribution in [3.05, 3.63) is 53.4 Å². The number of nitrogens with zero attached hydrogens (tertiary/aromatic N) is 4. The molecule has 3 aromatic rings. The monoisotopic (exact) mass is 444 g/mol. The maximum absolute atomic E-state index is 12.9. The Morgan fingerprint density at radius 3 is 2.80 bits per heavy atom. The molecule has 2 aromatic heterocycles. The predicted octanol–water partition coefficient (Wildman–Crippen LogP) is 5.12. The van der Waals surface area contributed by atoms with Crippen molar-refractivity contribution >= 4 is 29.3 Å². The summed E-state index contributed by atoms with van der Waals surface area (Å²) in [5.41, 5.74) is 0.915. The first kappa shape index (κ1) is 21.0. The molecule has 6 nitrogen and oxygen atoms in total. The predicted molar refractivity (Wildman–Crippen MR) is 119 cm³/mol. The van der Waals surface area contributed by atoms with Crippen LogP contribution in [0.2, 0.25) is 5.02 Å². The van der Waals surface area contributed by atoms with E-state index >= 15 is 0 Å².